The molecule has 6 N–H and O–H groups in total. The number of aliphatic imine (C=N–C) groups is 1. The molecule has 8 heteroatoms. The maximum Gasteiger partial charge on any atom is 0.407 e. The van der Waals surface area contributed by atoms with Gasteiger partial charge in [0.2, 0.25) is 0 Å². The Morgan fingerprint density at radius 3 is 2.20 bits per heavy atom. The van der Waals surface area contributed by atoms with Gasteiger partial charge in [0.25, 0.3) is 0 Å². The van der Waals surface area contributed by atoms with Gasteiger partial charge < -0.3 is 26.6 Å². The van der Waals surface area contributed by atoms with Crippen molar-refractivity contribution in [1.29, 1.82) is 0 Å². The Labute approximate surface area is 150 Å². The molecule has 0 saturated heterocycles. The predicted molar refractivity (Wildman–Crippen MR) is 98.4 cm³/mol. The van der Waals surface area contributed by atoms with Gasteiger partial charge in [0.15, 0.2) is 5.96 Å². The first-order chi connectivity index (χ1) is 12.0. The Hall–Kier alpha value is -1.99. The van der Waals surface area contributed by atoms with Crippen LogP contribution in [0.15, 0.2) is 4.99 Å². The van der Waals surface area contributed by atoms with Gasteiger partial charge in [-0.1, -0.05) is 51.9 Å². The van der Waals surface area contributed by atoms with Gasteiger partial charge >= 0.3 is 12.1 Å². The average Bonchev–Trinajstić information content (AvgIpc) is 2.55. The Bertz CT molecular complexity index is 398. The lowest BCUT2D eigenvalue weighted by atomic mass is 10.1. The SMILES string of the molecule is CCCCCCCCCCOC(=O)N[C@@H](CCCN=C(N)N)C(=O)O. The van der Waals surface area contributed by atoms with Crippen LogP contribution >= 0.6 is 0 Å². The monoisotopic (exact) mass is 358 g/mol. The maximum atomic E-state index is 11.6. The summed E-state index contributed by atoms with van der Waals surface area (Å²) in [5.74, 6) is -1.14. The van der Waals surface area contributed by atoms with E-state index >= 15 is 0 Å². The van der Waals surface area contributed by atoms with Crippen LogP contribution in [0.2, 0.25) is 0 Å². The molecule has 25 heavy (non-hydrogen) atoms. The fraction of sp³-hybridized carbons (Fsp3) is 0.824. The second-order valence-electron chi connectivity index (χ2n) is 6.09. The first-order valence-electron chi connectivity index (χ1n) is 9.18. The number of hydrogen-bond acceptors (Lipinski definition) is 4. The number of nitrogens with one attached hydrogen (secondary N) is 1. The highest BCUT2D eigenvalue weighted by molar-refractivity contribution is 5.79. The second-order valence-corrected chi connectivity index (χ2v) is 6.09. The number of aliphatic carboxylic acids is 1. The number of alkyl carbamates (subject to hydrolysis) is 1. The molecule has 0 heterocycles. The van der Waals surface area contributed by atoms with E-state index in [-0.39, 0.29) is 12.4 Å². The zero-order valence-electron chi connectivity index (χ0n) is 15.3. The Kier molecular flexibility index (Phi) is 14.3. The fourth-order valence-corrected chi connectivity index (χ4v) is 2.35. The molecule has 0 radical (unpaired) electrons. The molecule has 1 amide bonds. The highest BCUT2D eigenvalue weighted by Crippen LogP contribution is 2.08. The molecule has 0 saturated carbocycles. The minimum absolute atomic E-state index is 0.0374. The third-order valence-corrected chi connectivity index (χ3v) is 3.77. The Morgan fingerprint density at radius 1 is 1.04 bits per heavy atom. The van der Waals surface area contributed by atoms with Crippen LogP contribution in [-0.2, 0) is 9.53 Å². The number of carbonyl (C=O) groups excluding carboxylic acids is 1. The molecule has 146 valence electrons. The number of ether oxygens (including phenoxy) is 1. The zero-order chi connectivity index (χ0) is 18.9. The van der Waals surface area contributed by atoms with E-state index in [2.05, 4.69) is 17.2 Å². The number of amides is 1. The molecule has 0 aliphatic rings. The van der Waals surface area contributed by atoms with E-state index in [1.807, 2.05) is 0 Å². The summed E-state index contributed by atoms with van der Waals surface area (Å²) in [5, 5.41) is 11.5. The number of carboxylic acids is 1. The lowest BCUT2D eigenvalue weighted by molar-refractivity contribution is -0.139. The number of carbonyl (C=O) groups is 2. The third kappa shape index (κ3) is 15.3. The second kappa shape index (κ2) is 15.5. The lowest BCUT2D eigenvalue weighted by Crippen LogP contribution is -2.41. The van der Waals surface area contributed by atoms with E-state index < -0.39 is 18.1 Å². The van der Waals surface area contributed by atoms with Crippen LogP contribution in [0.3, 0.4) is 0 Å². The average molecular weight is 358 g/mol. The minimum atomic E-state index is -1.10. The van der Waals surface area contributed by atoms with Gasteiger partial charge in [-0.2, -0.15) is 0 Å². The number of nitrogens with two attached hydrogens (primary N) is 2. The number of rotatable bonds is 15. The number of nitrogens with zero attached hydrogens (tertiary/aromatic N) is 1. The van der Waals surface area contributed by atoms with E-state index in [4.69, 9.17) is 21.3 Å². The number of guanidine groups is 1. The molecule has 0 rings (SSSR count). The number of carboxylic acid groups (broad SMARTS) is 1. The molecular weight excluding hydrogens is 324 g/mol. The molecule has 0 unspecified atom stereocenters. The van der Waals surface area contributed by atoms with Gasteiger partial charge in [-0.25, -0.2) is 9.59 Å². The van der Waals surface area contributed by atoms with Crippen molar-refractivity contribution in [3.05, 3.63) is 0 Å². The Balaban J connectivity index is 3.75. The van der Waals surface area contributed by atoms with E-state index in [9.17, 15) is 9.59 Å². The molecule has 8 nitrogen and oxygen atoms in total. The van der Waals surface area contributed by atoms with Crippen LogP contribution in [0.4, 0.5) is 4.79 Å². The van der Waals surface area contributed by atoms with Gasteiger partial charge in [0.1, 0.15) is 6.04 Å². The predicted octanol–water partition coefficient (Wildman–Crippen LogP) is 2.36. The first kappa shape index (κ1) is 23.0. The summed E-state index contributed by atoms with van der Waals surface area (Å²) < 4.78 is 5.03. The molecule has 0 aromatic carbocycles. The molecular formula is C17H34N4O4. The minimum Gasteiger partial charge on any atom is -0.480 e. The Morgan fingerprint density at radius 2 is 1.64 bits per heavy atom. The molecule has 0 fully saturated rings. The molecule has 0 aliphatic heterocycles. The smallest absolute Gasteiger partial charge is 0.407 e. The van der Waals surface area contributed by atoms with Crippen LogP contribution in [0, 0.1) is 0 Å². The molecule has 1 atom stereocenters. The van der Waals surface area contributed by atoms with Gasteiger partial charge in [0.05, 0.1) is 6.61 Å². The number of hydrogen-bond donors (Lipinski definition) is 4. The highest BCUT2D eigenvalue weighted by atomic mass is 16.5. The zero-order valence-corrected chi connectivity index (χ0v) is 15.3. The summed E-state index contributed by atoms with van der Waals surface area (Å²) in [6.07, 6.45) is 9.23. The first-order valence-corrected chi connectivity index (χ1v) is 9.18. The summed E-state index contributed by atoms with van der Waals surface area (Å²) in [4.78, 5) is 26.5. The van der Waals surface area contributed by atoms with Crippen LogP contribution in [-0.4, -0.2) is 42.3 Å². The van der Waals surface area contributed by atoms with Gasteiger partial charge in [-0.05, 0) is 19.3 Å². The largest absolute Gasteiger partial charge is 0.480 e. The third-order valence-electron chi connectivity index (χ3n) is 3.77. The number of unbranched alkanes of at least 4 members (excludes halogenated alkanes) is 7. The van der Waals surface area contributed by atoms with Crippen molar-refractivity contribution in [2.75, 3.05) is 13.2 Å². The molecule has 0 aliphatic carbocycles. The summed E-state index contributed by atoms with van der Waals surface area (Å²) in [6.45, 7) is 2.82. The van der Waals surface area contributed by atoms with Crippen molar-refractivity contribution in [1.82, 2.24) is 5.32 Å². The van der Waals surface area contributed by atoms with Crippen LogP contribution in [0.25, 0.3) is 0 Å². The fourth-order valence-electron chi connectivity index (χ4n) is 2.35. The molecule has 0 bridgehead atoms. The standard InChI is InChI=1S/C17H34N4O4/c1-2-3-4-5-6-7-8-9-13-25-17(24)21-14(15(22)23)11-10-12-20-16(18)19/h14H,2-13H2,1H3,(H,21,24)(H,22,23)(H4,18,19,20)/t14-/m0/s1. The summed E-state index contributed by atoms with van der Waals surface area (Å²) >= 11 is 0. The van der Waals surface area contributed by atoms with Crippen molar-refractivity contribution in [2.45, 2.75) is 77.2 Å². The topological polar surface area (TPSA) is 140 Å². The van der Waals surface area contributed by atoms with Gasteiger partial charge in [0, 0.05) is 6.54 Å². The maximum absolute atomic E-state index is 11.6. The molecule has 0 aromatic rings. The van der Waals surface area contributed by atoms with Crippen molar-refractivity contribution in [3.8, 4) is 0 Å². The quantitative estimate of drug-likeness (QED) is 0.201. The van der Waals surface area contributed by atoms with Crippen molar-refractivity contribution < 1.29 is 19.4 Å². The van der Waals surface area contributed by atoms with Crippen LogP contribution < -0.4 is 16.8 Å². The van der Waals surface area contributed by atoms with Crippen LogP contribution in [0.1, 0.15) is 71.1 Å². The summed E-state index contributed by atoms with van der Waals surface area (Å²) in [5.41, 5.74) is 10.4. The normalized spacial score (nSPS) is 11.6. The van der Waals surface area contributed by atoms with Gasteiger partial charge in [-0.3, -0.25) is 4.99 Å². The van der Waals surface area contributed by atoms with E-state index in [1.54, 1.807) is 0 Å². The van der Waals surface area contributed by atoms with Crippen molar-refractivity contribution >= 4 is 18.0 Å². The molecule has 0 spiro atoms. The highest BCUT2D eigenvalue weighted by Gasteiger charge is 2.19. The van der Waals surface area contributed by atoms with Crippen LogP contribution in [0.5, 0.6) is 0 Å². The summed E-state index contributed by atoms with van der Waals surface area (Å²) in [6, 6.07) is -1.000. The van der Waals surface area contributed by atoms with Crippen molar-refractivity contribution in [3.63, 3.8) is 0 Å². The van der Waals surface area contributed by atoms with E-state index in [1.165, 1.54) is 32.1 Å². The summed E-state index contributed by atoms with van der Waals surface area (Å²) in [7, 11) is 0. The molecule has 0 aromatic heterocycles. The lowest BCUT2D eigenvalue weighted by Gasteiger charge is -2.14. The van der Waals surface area contributed by atoms with Gasteiger partial charge in [-0.15, -0.1) is 0 Å². The van der Waals surface area contributed by atoms with E-state index in [0.717, 1.165) is 19.3 Å². The van der Waals surface area contributed by atoms with Crippen molar-refractivity contribution in [2.24, 2.45) is 16.5 Å². The van der Waals surface area contributed by atoms with E-state index in [0.29, 0.717) is 19.6 Å².